The number of hydrogen-bond acceptors (Lipinski definition) is 2. The van der Waals surface area contributed by atoms with Crippen LogP contribution in [0, 0.1) is 5.92 Å². The summed E-state index contributed by atoms with van der Waals surface area (Å²) in [6.07, 6.45) is 11.4. The molecule has 0 amide bonds. The Bertz CT molecular complexity index is 211. The molecule has 2 aliphatic rings. The van der Waals surface area contributed by atoms with E-state index < -0.39 is 0 Å². The maximum absolute atomic E-state index is 3.77. The topological polar surface area (TPSA) is 15.3 Å². The lowest BCUT2D eigenvalue weighted by Crippen LogP contribution is -2.40. The minimum atomic E-state index is 0.742. The fourth-order valence-corrected chi connectivity index (χ4v) is 3.61. The minimum absolute atomic E-state index is 0.742. The summed E-state index contributed by atoms with van der Waals surface area (Å²) in [6, 6.07) is 1.58. The molecule has 1 saturated heterocycles. The van der Waals surface area contributed by atoms with Crippen molar-refractivity contribution >= 4 is 0 Å². The highest BCUT2D eigenvalue weighted by atomic mass is 15.1. The molecule has 1 aliphatic heterocycles. The third-order valence-electron chi connectivity index (χ3n) is 4.97. The molecule has 17 heavy (non-hydrogen) atoms. The number of nitrogens with one attached hydrogen (secondary N) is 1. The van der Waals surface area contributed by atoms with E-state index in [0.29, 0.717) is 0 Å². The van der Waals surface area contributed by atoms with Gasteiger partial charge in [0.25, 0.3) is 0 Å². The molecule has 2 atom stereocenters. The van der Waals surface area contributed by atoms with Crippen LogP contribution < -0.4 is 5.32 Å². The van der Waals surface area contributed by atoms with E-state index in [-0.39, 0.29) is 0 Å². The molecule has 1 heterocycles. The lowest BCUT2D eigenvalue weighted by molar-refractivity contribution is 0.173. The molecule has 2 fully saturated rings. The highest BCUT2D eigenvalue weighted by Crippen LogP contribution is 2.27. The number of nitrogens with zero attached hydrogens (tertiary/aromatic N) is 1. The quantitative estimate of drug-likeness (QED) is 0.792. The van der Waals surface area contributed by atoms with Gasteiger partial charge in [-0.15, -0.1) is 0 Å². The molecule has 0 aromatic rings. The Kier molecular flexibility index (Phi) is 5.30. The second kappa shape index (κ2) is 6.75. The fraction of sp³-hybridized carbons (Fsp3) is 1.00. The maximum Gasteiger partial charge on any atom is 0.0104 e. The summed E-state index contributed by atoms with van der Waals surface area (Å²) in [7, 11) is 2.30. The van der Waals surface area contributed by atoms with E-state index in [4.69, 9.17) is 0 Å². The third-order valence-corrected chi connectivity index (χ3v) is 4.97. The van der Waals surface area contributed by atoms with Gasteiger partial charge in [0.15, 0.2) is 0 Å². The fourth-order valence-electron chi connectivity index (χ4n) is 3.61. The average Bonchev–Trinajstić information content (AvgIpc) is 2.85. The Morgan fingerprint density at radius 2 is 1.82 bits per heavy atom. The Labute approximate surface area is 107 Å². The highest BCUT2D eigenvalue weighted by Gasteiger charge is 2.22. The first-order chi connectivity index (χ1) is 8.27. The zero-order valence-electron chi connectivity index (χ0n) is 11.8. The van der Waals surface area contributed by atoms with Crippen molar-refractivity contribution in [3.05, 3.63) is 0 Å². The molecule has 0 radical (unpaired) electrons. The number of rotatable bonds is 5. The van der Waals surface area contributed by atoms with Crippen molar-refractivity contribution < 1.29 is 0 Å². The molecular weight excluding hydrogens is 208 g/mol. The van der Waals surface area contributed by atoms with E-state index in [2.05, 4.69) is 24.2 Å². The summed E-state index contributed by atoms with van der Waals surface area (Å²) in [4.78, 5) is 2.56. The van der Waals surface area contributed by atoms with Crippen LogP contribution in [-0.2, 0) is 0 Å². The molecule has 0 aromatic carbocycles. The zero-order chi connectivity index (χ0) is 12.1. The van der Waals surface area contributed by atoms with Gasteiger partial charge in [0.2, 0.25) is 0 Å². The van der Waals surface area contributed by atoms with Crippen LogP contribution in [0.25, 0.3) is 0 Å². The summed E-state index contributed by atoms with van der Waals surface area (Å²) in [5.74, 6) is 0.957. The second-order valence-electron chi connectivity index (χ2n) is 6.21. The molecule has 0 aromatic heterocycles. The zero-order valence-corrected chi connectivity index (χ0v) is 11.8. The van der Waals surface area contributed by atoms with Gasteiger partial charge in [-0.25, -0.2) is 0 Å². The van der Waals surface area contributed by atoms with E-state index in [1.807, 2.05) is 0 Å². The first-order valence-electron chi connectivity index (χ1n) is 7.71. The van der Waals surface area contributed by atoms with Crippen LogP contribution >= 0.6 is 0 Å². The highest BCUT2D eigenvalue weighted by molar-refractivity contribution is 4.79. The van der Waals surface area contributed by atoms with Crippen LogP contribution in [0.5, 0.6) is 0 Å². The van der Waals surface area contributed by atoms with Crippen LogP contribution in [0.3, 0.4) is 0 Å². The van der Waals surface area contributed by atoms with Gasteiger partial charge in [-0.3, -0.25) is 0 Å². The lowest BCUT2D eigenvalue weighted by atomic mass is 9.98. The van der Waals surface area contributed by atoms with Gasteiger partial charge in [-0.2, -0.15) is 0 Å². The molecule has 100 valence electrons. The maximum atomic E-state index is 3.77. The number of likely N-dealkylation sites (tertiary alicyclic amines) is 1. The van der Waals surface area contributed by atoms with Gasteiger partial charge in [-0.1, -0.05) is 19.3 Å². The molecule has 2 rings (SSSR count). The van der Waals surface area contributed by atoms with Gasteiger partial charge >= 0.3 is 0 Å². The van der Waals surface area contributed by atoms with Gasteiger partial charge in [0.1, 0.15) is 0 Å². The third kappa shape index (κ3) is 3.96. The van der Waals surface area contributed by atoms with Crippen LogP contribution in [-0.4, -0.2) is 37.1 Å². The summed E-state index contributed by atoms with van der Waals surface area (Å²) >= 11 is 0. The van der Waals surface area contributed by atoms with Crippen LogP contribution in [0.2, 0.25) is 0 Å². The Morgan fingerprint density at radius 1 is 1.12 bits per heavy atom. The summed E-state index contributed by atoms with van der Waals surface area (Å²) in [5.41, 5.74) is 0. The molecule has 0 spiro atoms. The van der Waals surface area contributed by atoms with E-state index >= 15 is 0 Å². The molecular formula is C15H30N2. The van der Waals surface area contributed by atoms with Crippen LogP contribution in [0.4, 0.5) is 0 Å². The molecule has 2 heteroatoms. The van der Waals surface area contributed by atoms with Gasteiger partial charge in [0, 0.05) is 12.1 Å². The smallest absolute Gasteiger partial charge is 0.0104 e. The van der Waals surface area contributed by atoms with Gasteiger partial charge in [0.05, 0.1) is 0 Å². The van der Waals surface area contributed by atoms with E-state index in [1.54, 1.807) is 0 Å². The van der Waals surface area contributed by atoms with Crippen LogP contribution in [0.1, 0.15) is 58.3 Å². The van der Waals surface area contributed by atoms with Crippen molar-refractivity contribution in [1.82, 2.24) is 10.2 Å². The van der Waals surface area contributed by atoms with Crippen LogP contribution in [0.15, 0.2) is 0 Å². The van der Waals surface area contributed by atoms with E-state index in [9.17, 15) is 0 Å². The Balaban J connectivity index is 1.61. The lowest BCUT2D eigenvalue weighted by Gasteiger charge is -2.33. The average molecular weight is 238 g/mol. The van der Waals surface area contributed by atoms with E-state index in [1.165, 1.54) is 64.5 Å². The predicted molar refractivity (Wildman–Crippen MR) is 74.3 cm³/mol. The van der Waals surface area contributed by atoms with Crippen molar-refractivity contribution in [1.29, 1.82) is 0 Å². The molecule has 1 aliphatic carbocycles. The van der Waals surface area contributed by atoms with Crippen molar-refractivity contribution in [2.45, 2.75) is 70.4 Å². The largest absolute Gasteiger partial charge is 0.314 e. The minimum Gasteiger partial charge on any atom is -0.314 e. The number of hydrogen-bond donors (Lipinski definition) is 1. The van der Waals surface area contributed by atoms with Gasteiger partial charge in [-0.05, 0) is 65.1 Å². The SMILES string of the molecule is C[C@@H](NCCC1CCCCN1C)C1CCCC1. The second-order valence-corrected chi connectivity index (χ2v) is 6.21. The first-order valence-corrected chi connectivity index (χ1v) is 7.71. The first kappa shape index (κ1) is 13.4. The molecule has 1 N–H and O–H groups in total. The Morgan fingerprint density at radius 3 is 2.53 bits per heavy atom. The van der Waals surface area contributed by atoms with Crippen molar-refractivity contribution in [3.63, 3.8) is 0 Å². The summed E-state index contributed by atoms with van der Waals surface area (Å²) in [5, 5.41) is 3.77. The molecule has 2 nitrogen and oxygen atoms in total. The normalized spacial score (nSPS) is 29.6. The monoisotopic (exact) mass is 238 g/mol. The summed E-state index contributed by atoms with van der Waals surface area (Å²) in [6.45, 7) is 4.91. The standard InChI is InChI=1S/C15H30N2/c1-13(14-7-3-4-8-14)16-11-10-15-9-5-6-12-17(15)2/h13-16H,3-12H2,1-2H3/t13-,15?/m1/s1. The Hall–Kier alpha value is -0.0800. The summed E-state index contributed by atoms with van der Waals surface area (Å²) < 4.78 is 0. The van der Waals surface area contributed by atoms with Crippen molar-refractivity contribution in [2.75, 3.05) is 20.1 Å². The van der Waals surface area contributed by atoms with Gasteiger partial charge < -0.3 is 10.2 Å². The van der Waals surface area contributed by atoms with E-state index in [0.717, 1.165) is 18.0 Å². The van der Waals surface area contributed by atoms with Crippen molar-refractivity contribution in [2.24, 2.45) is 5.92 Å². The predicted octanol–water partition coefficient (Wildman–Crippen LogP) is 3.03. The number of piperidine rings is 1. The van der Waals surface area contributed by atoms with Crippen molar-refractivity contribution in [3.8, 4) is 0 Å². The molecule has 1 saturated carbocycles. The molecule has 1 unspecified atom stereocenters. The molecule has 0 bridgehead atoms.